The maximum atomic E-state index is 13.1. The van der Waals surface area contributed by atoms with Crippen molar-refractivity contribution in [3.63, 3.8) is 0 Å². The van der Waals surface area contributed by atoms with Gasteiger partial charge in [0.05, 0.1) is 23.2 Å². The van der Waals surface area contributed by atoms with Gasteiger partial charge in [0.2, 0.25) is 0 Å². The van der Waals surface area contributed by atoms with Gasteiger partial charge < -0.3 is 13.9 Å². The van der Waals surface area contributed by atoms with Gasteiger partial charge in [-0.3, -0.25) is 4.79 Å². The van der Waals surface area contributed by atoms with Crippen LogP contribution < -0.4 is 4.74 Å². The van der Waals surface area contributed by atoms with E-state index in [2.05, 4.69) is 14.1 Å². The fraction of sp³-hybridized carbons (Fsp3) is 0.333. The molecule has 24 heavy (non-hydrogen) atoms. The Kier molecular flexibility index (Phi) is 3.64. The Morgan fingerprint density at radius 3 is 2.96 bits per heavy atom. The molecule has 3 heterocycles. The number of thioether (sulfide) groups is 1. The number of aromatic nitrogens is 3. The minimum Gasteiger partial charge on any atom is -0.497 e. The van der Waals surface area contributed by atoms with Crippen molar-refractivity contribution in [1.82, 2.24) is 14.1 Å². The van der Waals surface area contributed by atoms with E-state index < -0.39 is 0 Å². The zero-order valence-electron chi connectivity index (χ0n) is 13.9. The maximum Gasteiger partial charge on any atom is 0.171 e. The molecule has 0 saturated heterocycles. The van der Waals surface area contributed by atoms with Gasteiger partial charge in [-0.2, -0.15) is 0 Å². The number of ether oxygens (including phenoxy) is 1. The van der Waals surface area contributed by atoms with Crippen LogP contribution in [0.25, 0.3) is 10.9 Å². The van der Waals surface area contributed by atoms with Crippen LogP contribution >= 0.6 is 11.8 Å². The molecule has 1 atom stereocenters. The highest BCUT2D eigenvalue weighted by Crippen LogP contribution is 2.40. The Morgan fingerprint density at radius 2 is 2.25 bits per heavy atom. The van der Waals surface area contributed by atoms with Gasteiger partial charge in [-0.05, 0) is 19.1 Å². The molecule has 5 nitrogen and oxygen atoms in total. The van der Waals surface area contributed by atoms with Gasteiger partial charge in [-0.15, -0.1) is 11.8 Å². The van der Waals surface area contributed by atoms with Gasteiger partial charge in [-0.1, -0.05) is 0 Å². The fourth-order valence-corrected chi connectivity index (χ4v) is 4.62. The topological polar surface area (TPSA) is 49.0 Å². The second-order valence-corrected chi connectivity index (χ2v) is 7.13. The lowest BCUT2D eigenvalue weighted by Gasteiger charge is -2.22. The summed E-state index contributed by atoms with van der Waals surface area (Å²) in [5.74, 6) is 2.76. The fourth-order valence-electron chi connectivity index (χ4n) is 3.36. The summed E-state index contributed by atoms with van der Waals surface area (Å²) in [4.78, 5) is 17.4. The summed E-state index contributed by atoms with van der Waals surface area (Å²) >= 11 is 1.76. The number of nitrogens with zero attached hydrogens (tertiary/aromatic N) is 3. The number of hydrogen-bond donors (Lipinski definition) is 0. The van der Waals surface area contributed by atoms with Crippen molar-refractivity contribution in [1.29, 1.82) is 0 Å². The second kappa shape index (κ2) is 5.70. The standard InChI is InChI=1S/C18H19N3O2S/c1-11-19-6-7-21(11)9-12-10-24-18-16(17(12)22)14-5-4-13(23-3)8-15(14)20(18)2/h4-8,12H,9-10H2,1-3H3. The summed E-state index contributed by atoms with van der Waals surface area (Å²) in [5, 5.41) is 2.07. The number of carbonyl (C=O) groups excluding carboxylic acids is 1. The van der Waals surface area contributed by atoms with Crippen LogP contribution in [0.1, 0.15) is 16.2 Å². The molecule has 1 aliphatic rings. The predicted octanol–water partition coefficient (Wildman–Crippen LogP) is 3.30. The van der Waals surface area contributed by atoms with Crippen LogP contribution in [0.2, 0.25) is 0 Å². The summed E-state index contributed by atoms with van der Waals surface area (Å²) in [5.41, 5.74) is 1.90. The molecular weight excluding hydrogens is 322 g/mol. The van der Waals surface area contributed by atoms with E-state index in [-0.39, 0.29) is 11.7 Å². The molecule has 2 aromatic heterocycles. The van der Waals surface area contributed by atoms with E-state index in [1.54, 1.807) is 25.1 Å². The van der Waals surface area contributed by atoms with E-state index in [0.29, 0.717) is 6.54 Å². The predicted molar refractivity (Wildman–Crippen MR) is 95.0 cm³/mol. The number of ketones is 1. The Labute approximate surface area is 144 Å². The molecule has 4 rings (SSSR count). The van der Waals surface area contributed by atoms with Crippen molar-refractivity contribution in [2.45, 2.75) is 18.5 Å². The van der Waals surface area contributed by atoms with E-state index in [4.69, 9.17) is 4.74 Å². The van der Waals surface area contributed by atoms with Gasteiger partial charge in [0, 0.05) is 49.1 Å². The van der Waals surface area contributed by atoms with E-state index >= 15 is 0 Å². The number of Topliss-reactive ketones (excluding diaryl/α,β-unsaturated/α-hetero) is 1. The third kappa shape index (κ3) is 2.24. The van der Waals surface area contributed by atoms with Crippen molar-refractivity contribution >= 4 is 28.4 Å². The SMILES string of the molecule is COc1ccc2c3c(n(C)c2c1)SCC(Cn1ccnc1C)C3=O. The molecule has 124 valence electrons. The first-order chi connectivity index (χ1) is 11.6. The molecule has 3 aromatic rings. The summed E-state index contributed by atoms with van der Waals surface area (Å²) in [6.07, 6.45) is 3.72. The number of hydrogen-bond acceptors (Lipinski definition) is 4. The molecule has 1 aromatic carbocycles. The van der Waals surface area contributed by atoms with E-state index in [1.807, 2.05) is 38.4 Å². The highest BCUT2D eigenvalue weighted by molar-refractivity contribution is 7.99. The highest BCUT2D eigenvalue weighted by Gasteiger charge is 2.33. The van der Waals surface area contributed by atoms with Crippen molar-refractivity contribution in [2.75, 3.05) is 12.9 Å². The first kappa shape index (κ1) is 15.3. The minimum absolute atomic E-state index is 0.0249. The number of methoxy groups -OCH3 is 1. The first-order valence-electron chi connectivity index (χ1n) is 7.91. The van der Waals surface area contributed by atoms with Crippen molar-refractivity contribution in [3.8, 4) is 5.75 Å². The van der Waals surface area contributed by atoms with Crippen LogP contribution in [0.15, 0.2) is 35.6 Å². The largest absolute Gasteiger partial charge is 0.497 e. The molecule has 0 radical (unpaired) electrons. The summed E-state index contributed by atoms with van der Waals surface area (Å²) < 4.78 is 9.49. The van der Waals surface area contributed by atoms with Crippen LogP contribution in [0.5, 0.6) is 5.75 Å². The molecule has 0 aliphatic carbocycles. The Balaban J connectivity index is 1.77. The smallest absolute Gasteiger partial charge is 0.171 e. The molecule has 0 fully saturated rings. The summed E-state index contributed by atoms with van der Waals surface area (Å²) in [6, 6.07) is 5.91. The number of benzene rings is 1. The normalized spacial score (nSPS) is 17.3. The molecule has 0 bridgehead atoms. The van der Waals surface area contributed by atoms with Gasteiger partial charge >= 0.3 is 0 Å². The number of carbonyl (C=O) groups is 1. The van der Waals surface area contributed by atoms with Crippen molar-refractivity contribution in [3.05, 3.63) is 42.0 Å². The van der Waals surface area contributed by atoms with Crippen LogP contribution in [0, 0.1) is 12.8 Å². The van der Waals surface area contributed by atoms with E-state index in [0.717, 1.165) is 38.8 Å². The molecular formula is C18H19N3O2S. The van der Waals surface area contributed by atoms with Crippen LogP contribution in [0.3, 0.4) is 0 Å². The first-order valence-corrected chi connectivity index (χ1v) is 8.90. The Hall–Kier alpha value is -2.21. The monoisotopic (exact) mass is 341 g/mol. The van der Waals surface area contributed by atoms with Crippen molar-refractivity contribution in [2.24, 2.45) is 13.0 Å². The molecule has 0 N–H and O–H groups in total. The molecule has 0 amide bonds. The van der Waals surface area contributed by atoms with Crippen molar-refractivity contribution < 1.29 is 9.53 Å². The molecule has 0 saturated carbocycles. The average molecular weight is 341 g/mol. The molecule has 0 spiro atoms. The molecule has 1 unspecified atom stereocenters. The highest BCUT2D eigenvalue weighted by atomic mass is 32.2. The van der Waals surface area contributed by atoms with E-state index in [1.165, 1.54) is 0 Å². The Morgan fingerprint density at radius 1 is 1.42 bits per heavy atom. The lowest BCUT2D eigenvalue weighted by molar-refractivity contribution is 0.0916. The third-order valence-corrected chi connectivity index (χ3v) is 6.05. The lowest BCUT2D eigenvalue weighted by atomic mass is 9.98. The second-order valence-electron chi connectivity index (χ2n) is 6.12. The number of aryl methyl sites for hydroxylation is 2. The van der Waals surface area contributed by atoms with Gasteiger partial charge in [0.25, 0.3) is 0 Å². The van der Waals surface area contributed by atoms with Crippen LogP contribution in [-0.4, -0.2) is 32.8 Å². The van der Waals surface area contributed by atoms with Gasteiger partial charge in [-0.25, -0.2) is 4.98 Å². The average Bonchev–Trinajstić information content (AvgIpc) is 3.12. The molecule has 1 aliphatic heterocycles. The third-order valence-electron chi connectivity index (χ3n) is 4.73. The van der Waals surface area contributed by atoms with E-state index in [9.17, 15) is 4.79 Å². The Bertz CT molecular complexity index is 941. The number of rotatable bonds is 3. The zero-order chi connectivity index (χ0) is 16.8. The minimum atomic E-state index is -0.0249. The van der Waals surface area contributed by atoms with Gasteiger partial charge in [0.15, 0.2) is 5.78 Å². The zero-order valence-corrected chi connectivity index (χ0v) is 14.8. The lowest BCUT2D eigenvalue weighted by Crippen LogP contribution is -2.27. The molecule has 6 heteroatoms. The summed E-state index contributed by atoms with van der Waals surface area (Å²) in [7, 11) is 3.68. The number of fused-ring (bicyclic) bond motifs is 3. The van der Waals surface area contributed by atoms with Crippen LogP contribution in [-0.2, 0) is 13.6 Å². The van der Waals surface area contributed by atoms with Gasteiger partial charge in [0.1, 0.15) is 11.6 Å². The summed E-state index contributed by atoms with van der Waals surface area (Å²) in [6.45, 7) is 2.65. The maximum absolute atomic E-state index is 13.1. The number of imidazole rings is 1. The quantitative estimate of drug-likeness (QED) is 0.733. The van der Waals surface area contributed by atoms with Crippen LogP contribution in [0.4, 0.5) is 0 Å².